The van der Waals surface area contributed by atoms with Gasteiger partial charge in [-0.1, -0.05) is 29.3 Å². The van der Waals surface area contributed by atoms with Gasteiger partial charge in [0.15, 0.2) is 6.10 Å². The van der Waals surface area contributed by atoms with E-state index in [0.717, 1.165) is 0 Å². The van der Waals surface area contributed by atoms with Crippen LogP contribution in [0, 0.1) is 11.3 Å². The molecule has 5 nitrogen and oxygen atoms in total. The summed E-state index contributed by atoms with van der Waals surface area (Å²) >= 11 is 11.8. The normalized spacial score (nSPS) is 11.6. The smallest absolute Gasteiger partial charge is 0.331 e. The Bertz CT molecular complexity index is 887. The molecule has 1 atom stereocenters. The standard InChI is InChI=1S/C19H14Cl2N2O3/c1-12(19(25)23-16-7-2-13(11-22)3-8-16)26-18(24)9-5-14-4-6-15(20)10-17(14)21/h2-10,12H,1H3,(H,23,25)/b9-5+/t12-/m0/s1. The number of carbonyl (C=O) groups is 2. The van der Waals surface area contributed by atoms with Gasteiger partial charge in [0.2, 0.25) is 0 Å². The lowest BCUT2D eigenvalue weighted by atomic mass is 10.2. The highest BCUT2D eigenvalue weighted by Crippen LogP contribution is 2.22. The Kier molecular flexibility index (Phi) is 6.79. The molecule has 26 heavy (non-hydrogen) atoms. The van der Waals surface area contributed by atoms with E-state index in [4.69, 9.17) is 33.2 Å². The molecule has 132 valence electrons. The fourth-order valence-corrected chi connectivity index (χ4v) is 2.40. The Morgan fingerprint density at radius 1 is 1.19 bits per heavy atom. The van der Waals surface area contributed by atoms with Gasteiger partial charge in [0, 0.05) is 21.8 Å². The zero-order valence-corrected chi connectivity index (χ0v) is 15.2. The third-order valence-corrected chi connectivity index (χ3v) is 3.87. The molecule has 7 heteroatoms. The van der Waals surface area contributed by atoms with Crippen LogP contribution in [0.4, 0.5) is 5.69 Å². The van der Waals surface area contributed by atoms with Crippen LogP contribution in [0.2, 0.25) is 10.0 Å². The average Bonchev–Trinajstić information content (AvgIpc) is 2.61. The van der Waals surface area contributed by atoms with Gasteiger partial charge in [0.1, 0.15) is 0 Å². The summed E-state index contributed by atoms with van der Waals surface area (Å²) in [6, 6.07) is 13.2. The predicted octanol–water partition coefficient (Wildman–Crippen LogP) is 4.45. The summed E-state index contributed by atoms with van der Waals surface area (Å²) in [7, 11) is 0. The number of hydrogen-bond acceptors (Lipinski definition) is 4. The van der Waals surface area contributed by atoms with Crippen molar-refractivity contribution in [3.8, 4) is 6.07 Å². The summed E-state index contributed by atoms with van der Waals surface area (Å²) < 4.78 is 5.06. The van der Waals surface area contributed by atoms with Crippen molar-refractivity contribution >= 4 is 46.8 Å². The number of esters is 1. The average molecular weight is 389 g/mol. The van der Waals surface area contributed by atoms with Crippen LogP contribution in [0.3, 0.4) is 0 Å². The fourth-order valence-electron chi connectivity index (χ4n) is 1.93. The monoisotopic (exact) mass is 388 g/mol. The van der Waals surface area contributed by atoms with Crippen molar-refractivity contribution in [3.63, 3.8) is 0 Å². The Labute approximate surface area is 160 Å². The number of amides is 1. The SMILES string of the molecule is C[C@H](OC(=O)/C=C/c1ccc(Cl)cc1Cl)C(=O)Nc1ccc(C#N)cc1. The molecule has 0 fully saturated rings. The third-order valence-electron chi connectivity index (χ3n) is 3.31. The lowest BCUT2D eigenvalue weighted by Gasteiger charge is -2.12. The Morgan fingerprint density at radius 2 is 1.88 bits per heavy atom. The van der Waals surface area contributed by atoms with Gasteiger partial charge in [0.05, 0.1) is 11.6 Å². The molecule has 1 amide bonds. The molecule has 2 aromatic rings. The lowest BCUT2D eigenvalue weighted by Crippen LogP contribution is -2.29. The molecule has 0 saturated carbocycles. The molecular formula is C19H14Cl2N2O3. The number of nitrogens with one attached hydrogen (secondary N) is 1. The lowest BCUT2D eigenvalue weighted by molar-refractivity contribution is -0.148. The van der Waals surface area contributed by atoms with Crippen LogP contribution < -0.4 is 5.32 Å². The molecular weight excluding hydrogens is 375 g/mol. The number of benzene rings is 2. The van der Waals surface area contributed by atoms with E-state index < -0.39 is 18.0 Å². The predicted molar refractivity (Wildman–Crippen MR) is 101 cm³/mol. The van der Waals surface area contributed by atoms with E-state index in [1.54, 1.807) is 42.5 Å². The minimum absolute atomic E-state index is 0.396. The summed E-state index contributed by atoms with van der Waals surface area (Å²) in [6.07, 6.45) is 1.66. The van der Waals surface area contributed by atoms with E-state index in [1.807, 2.05) is 6.07 Å². The van der Waals surface area contributed by atoms with Crippen molar-refractivity contribution in [2.45, 2.75) is 13.0 Å². The van der Waals surface area contributed by atoms with Gasteiger partial charge in [-0.15, -0.1) is 0 Å². The molecule has 2 aromatic carbocycles. The molecule has 2 rings (SSSR count). The van der Waals surface area contributed by atoms with Crippen molar-refractivity contribution in [1.82, 2.24) is 0 Å². The quantitative estimate of drug-likeness (QED) is 0.605. The van der Waals surface area contributed by atoms with E-state index in [0.29, 0.717) is 26.9 Å². The van der Waals surface area contributed by atoms with Crippen LogP contribution in [0.25, 0.3) is 6.08 Å². The molecule has 0 spiro atoms. The second kappa shape index (κ2) is 9.04. The van der Waals surface area contributed by atoms with Crippen molar-refractivity contribution < 1.29 is 14.3 Å². The van der Waals surface area contributed by atoms with E-state index >= 15 is 0 Å². The van der Waals surface area contributed by atoms with Gasteiger partial charge in [0.25, 0.3) is 5.91 Å². The first-order valence-electron chi connectivity index (χ1n) is 7.54. The number of hydrogen-bond donors (Lipinski definition) is 1. The number of rotatable bonds is 5. The van der Waals surface area contributed by atoms with Crippen LogP contribution in [0.5, 0.6) is 0 Å². The van der Waals surface area contributed by atoms with Crippen molar-refractivity contribution in [2.75, 3.05) is 5.32 Å². The number of halogens is 2. The van der Waals surface area contributed by atoms with Gasteiger partial charge >= 0.3 is 5.97 Å². The molecule has 1 N–H and O–H groups in total. The van der Waals surface area contributed by atoms with Crippen molar-refractivity contribution in [3.05, 3.63) is 69.7 Å². The van der Waals surface area contributed by atoms with Gasteiger partial charge in [-0.05, 0) is 55.0 Å². The number of nitrogens with zero attached hydrogens (tertiary/aromatic N) is 1. The second-order valence-corrected chi connectivity index (χ2v) is 6.10. The van der Waals surface area contributed by atoms with Crippen LogP contribution in [0.15, 0.2) is 48.5 Å². The van der Waals surface area contributed by atoms with Gasteiger partial charge in [-0.2, -0.15) is 5.26 Å². The van der Waals surface area contributed by atoms with E-state index in [2.05, 4.69) is 5.32 Å². The fraction of sp³-hybridized carbons (Fsp3) is 0.105. The maximum absolute atomic E-state index is 12.1. The molecule has 0 bridgehead atoms. The first-order valence-corrected chi connectivity index (χ1v) is 8.29. The molecule has 0 aliphatic carbocycles. The number of carbonyl (C=O) groups excluding carboxylic acids is 2. The zero-order chi connectivity index (χ0) is 19.1. The van der Waals surface area contributed by atoms with Crippen LogP contribution in [-0.4, -0.2) is 18.0 Å². The van der Waals surface area contributed by atoms with Crippen LogP contribution >= 0.6 is 23.2 Å². The zero-order valence-electron chi connectivity index (χ0n) is 13.7. The highest BCUT2D eigenvalue weighted by Gasteiger charge is 2.16. The van der Waals surface area contributed by atoms with Gasteiger partial charge in [-0.3, -0.25) is 4.79 Å². The number of nitriles is 1. The van der Waals surface area contributed by atoms with E-state index in [9.17, 15) is 9.59 Å². The maximum atomic E-state index is 12.1. The Hall–Kier alpha value is -2.81. The summed E-state index contributed by atoms with van der Waals surface area (Å²) in [5.41, 5.74) is 1.58. The minimum Gasteiger partial charge on any atom is -0.449 e. The topological polar surface area (TPSA) is 79.2 Å². The second-order valence-electron chi connectivity index (χ2n) is 5.26. The van der Waals surface area contributed by atoms with Gasteiger partial charge < -0.3 is 10.1 Å². The highest BCUT2D eigenvalue weighted by molar-refractivity contribution is 6.35. The van der Waals surface area contributed by atoms with Gasteiger partial charge in [-0.25, -0.2) is 4.79 Å². The summed E-state index contributed by atoms with van der Waals surface area (Å²) in [5.74, 6) is -1.17. The molecule has 0 aliphatic rings. The molecule has 0 saturated heterocycles. The van der Waals surface area contributed by atoms with Crippen molar-refractivity contribution in [2.24, 2.45) is 0 Å². The summed E-state index contributed by atoms with van der Waals surface area (Å²) in [5, 5.41) is 12.2. The Balaban J connectivity index is 1.91. The minimum atomic E-state index is -0.997. The van der Waals surface area contributed by atoms with Crippen LogP contribution in [-0.2, 0) is 14.3 Å². The molecule has 0 aromatic heterocycles. The third kappa shape index (κ3) is 5.62. The number of ether oxygens (including phenoxy) is 1. The van der Waals surface area contributed by atoms with Crippen molar-refractivity contribution in [1.29, 1.82) is 5.26 Å². The molecule has 0 aliphatic heterocycles. The first kappa shape index (κ1) is 19.5. The maximum Gasteiger partial charge on any atom is 0.331 e. The van der Waals surface area contributed by atoms with Crippen LogP contribution in [0.1, 0.15) is 18.1 Å². The summed E-state index contributed by atoms with van der Waals surface area (Å²) in [6.45, 7) is 1.46. The molecule has 0 unspecified atom stereocenters. The highest BCUT2D eigenvalue weighted by atomic mass is 35.5. The Morgan fingerprint density at radius 3 is 2.50 bits per heavy atom. The summed E-state index contributed by atoms with van der Waals surface area (Å²) in [4.78, 5) is 23.9. The first-order chi connectivity index (χ1) is 12.4. The molecule has 0 radical (unpaired) electrons. The largest absolute Gasteiger partial charge is 0.449 e. The van der Waals surface area contributed by atoms with E-state index in [1.165, 1.54) is 19.1 Å². The molecule has 0 heterocycles. The van der Waals surface area contributed by atoms with E-state index in [-0.39, 0.29) is 0 Å². The number of anilines is 1.